The van der Waals surface area contributed by atoms with Gasteiger partial charge in [-0.2, -0.15) is 0 Å². The normalized spacial score (nSPS) is 12.1. The fourth-order valence-electron chi connectivity index (χ4n) is 1.79. The number of aromatic nitrogens is 3. The first-order valence-corrected chi connectivity index (χ1v) is 6.61. The summed E-state index contributed by atoms with van der Waals surface area (Å²) in [6.07, 6.45) is 1.82. The Morgan fingerprint density at radius 3 is 2.35 bits per heavy atom. The van der Waals surface area contributed by atoms with Gasteiger partial charge in [0.15, 0.2) is 0 Å². The van der Waals surface area contributed by atoms with Crippen molar-refractivity contribution in [1.82, 2.24) is 14.8 Å². The van der Waals surface area contributed by atoms with Gasteiger partial charge in [0.25, 0.3) is 0 Å². The molecule has 1 aromatic rings. The highest BCUT2D eigenvalue weighted by atomic mass is 35.5. The minimum absolute atomic E-state index is 0.0478. The standard InChI is InChI=1S/C12H22ClN3O/c1-5-7-17-8-6-10-14-15-11(9-13)16(10)12(2,3)4/h5-9H2,1-4H3. The Morgan fingerprint density at radius 1 is 1.18 bits per heavy atom. The van der Waals surface area contributed by atoms with Crippen LogP contribution in [0.25, 0.3) is 0 Å². The monoisotopic (exact) mass is 259 g/mol. The number of ether oxygens (including phenoxy) is 1. The average molecular weight is 260 g/mol. The van der Waals surface area contributed by atoms with Crippen LogP contribution in [0.1, 0.15) is 45.8 Å². The molecule has 0 aliphatic rings. The molecule has 0 fully saturated rings. The Balaban J connectivity index is 2.75. The number of nitrogens with zero attached hydrogens (tertiary/aromatic N) is 3. The predicted molar refractivity (Wildman–Crippen MR) is 69.4 cm³/mol. The fraction of sp³-hybridized carbons (Fsp3) is 0.833. The minimum Gasteiger partial charge on any atom is -0.381 e. The summed E-state index contributed by atoms with van der Waals surface area (Å²) >= 11 is 5.88. The zero-order valence-corrected chi connectivity index (χ0v) is 11.9. The van der Waals surface area contributed by atoms with Gasteiger partial charge in [-0.15, -0.1) is 21.8 Å². The van der Waals surface area contributed by atoms with Crippen molar-refractivity contribution in [3.8, 4) is 0 Å². The molecular weight excluding hydrogens is 238 g/mol. The van der Waals surface area contributed by atoms with Crippen molar-refractivity contribution >= 4 is 11.6 Å². The topological polar surface area (TPSA) is 39.9 Å². The van der Waals surface area contributed by atoms with Gasteiger partial charge in [-0.25, -0.2) is 0 Å². The van der Waals surface area contributed by atoms with Crippen LogP contribution in [0, 0.1) is 0 Å². The van der Waals surface area contributed by atoms with Gasteiger partial charge in [0, 0.05) is 18.6 Å². The van der Waals surface area contributed by atoms with Crippen LogP contribution in [0.5, 0.6) is 0 Å². The summed E-state index contributed by atoms with van der Waals surface area (Å²) in [6.45, 7) is 9.97. The molecule has 0 saturated carbocycles. The summed E-state index contributed by atoms with van der Waals surface area (Å²) in [5.74, 6) is 2.16. The molecule has 0 N–H and O–H groups in total. The highest BCUT2D eigenvalue weighted by molar-refractivity contribution is 6.16. The zero-order chi connectivity index (χ0) is 12.9. The van der Waals surface area contributed by atoms with Crippen molar-refractivity contribution in [3.05, 3.63) is 11.6 Å². The molecule has 0 aliphatic carbocycles. The zero-order valence-electron chi connectivity index (χ0n) is 11.2. The molecule has 5 heteroatoms. The third kappa shape index (κ3) is 3.96. The molecule has 0 spiro atoms. The lowest BCUT2D eigenvalue weighted by Crippen LogP contribution is -2.26. The van der Waals surface area contributed by atoms with Crippen molar-refractivity contribution in [2.45, 2.75) is 52.0 Å². The lowest BCUT2D eigenvalue weighted by molar-refractivity contribution is 0.135. The molecule has 1 rings (SSSR count). The third-order valence-electron chi connectivity index (χ3n) is 2.41. The highest BCUT2D eigenvalue weighted by Crippen LogP contribution is 2.19. The smallest absolute Gasteiger partial charge is 0.148 e. The number of alkyl halides is 1. The van der Waals surface area contributed by atoms with Crippen molar-refractivity contribution in [3.63, 3.8) is 0 Å². The fourth-order valence-corrected chi connectivity index (χ4v) is 1.96. The quantitative estimate of drug-likeness (QED) is 0.583. The lowest BCUT2D eigenvalue weighted by Gasteiger charge is -2.24. The van der Waals surface area contributed by atoms with E-state index in [4.69, 9.17) is 16.3 Å². The summed E-state index contributed by atoms with van der Waals surface area (Å²) < 4.78 is 7.59. The highest BCUT2D eigenvalue weighted by Gasteiger charge is 2.22. The van der Waals surface area contributed by atoms with Crippen LogP contribution < -0.4 is 0 Å². The Morgan fingerprint density at radius 2 is 1.82 bits per heavy atom. The van der Waals surface area contributed by atoms with Crippen molar-refractivity contribution in [2.75, 3.05) is 13.2 Å². The van der Waals surface area contributed by atoms with Gasteiger partial charge in [0.05, 0.1) is 12.5 Å². The summed E-state index contributed by atoms with van der Waals surface area (Å²) in [5.41, 5.74) is -0.0478. The van der Waals surface area contributed by atoms with E-state index < -0.39 is 0 Å². The van der Waals surface area contributed by atoms with E-state index in [9.17, 15) is 0 Å². The molecule has 0 amide bonds. The first-order valence-electron chi connectivity index (χ1n) is 6.08. The third-order valence-corrected chi connectivity index (χ3v) is 2.64. The number of hydrogen-bond donors (Lipinski definition) is 0. The second-order valence-electron chi connectivity index (χ2n) is 5.03. The largest absolute Gasteiger partial charge is 0.381 e. The minimum atomic E-state index is -0.0478. The van der Waals surface area contributed by atoms with Crippen molar-refractivity contribution in [1.29, 1.82) is 0 Å². The summed E-state index contributed by atoms with van der Waals surface area (Å²) in [6, 6.07) is 0. The molecule has 4 nitrogen and oxygen atoms in total. The molecule has 98 valence electrons. The second kappa shape index (κ2) is 6.36. The Hall–Kier alpha value is -0.610. The molecule has 0 saturated heterocycles. The van der Waals surface area contributed by atoms with Crippen LogP contribution in [0.4, 0.5) is 0 Å². The Labute approximate surface area is 108 Å². The van der Waals surface area contributed by atoms with E-state index in [0.717, 1.165) is 31.1 Å². The summed E-state index contributed by atoms with van der Waals surface area (Å²) in [4.78, 5) is 0. The van der Waals surface area contributed by atoms with Crippen molar-refractivity contribution in [2.24, 2.45) is 0 Å². The van der Waals surface area contributed by atoms with E-state index in [0.29, 0.717) is 12.5 Å². The maximum absolute atomic E-state index is 5.88. The maximum Gasteiger partial charge on any atom is 0.148 e. The first-order chi connectivity index (χ1) is 8.00. The molecule has 0 bridgehead atoms. The number of hydrogen-bond acceptors (Lipinski definition) is 3. The molecule has 0 radical (unpaired) electrons. The molecule has 1 heterocycles. The van der Waals surface area contributed by atoms with Gasteiger partial charge < -0.3 is 9.30 Å². The van der Waals surface area contributed by atoms with Crippen molar-refractivity contribution < 1.29 is 4.74 Å². The molecule has 17 heavy (non-hydrogen) atoms. The Kier molecular flexibility index (Phi) is 5.40. The molecule has 0 aliphatic heterocycles. The van der Waals surface area contributed by atoms with E-state index in [1.807, 2.05) is 0 Å². The predicted octanol–water partition coefficient (Wildman–Crippen LogP) is 2.74. The molecule has 1 aromatic heterocycles. The van der Waals surface area contributed by atoms with Gasteiger partial charge in [-0.3, -0.25) is 0 Å². The summed E-state index contributed by atoms with van der Waals surface area (Å²) in [5, 5.41) is 8.33. The van der Waals surface area contributed by atoms with Crippen LogP contribution >= 0.6 is 11.6 Å². The van der Waals surface area contributed by atoms with E-state index in [-0.39, 0.29) is 5.54 Å². The van der Waals surface area contributed by atoms with Gasteiger partial charge in [0.2, 0.25) is 0 Å². The molecule has 0 aromatic carbocycles. The SMILES string of the molecule is CCCOCCc1nnc(CCl)n1C(C)(C)C. The van der Waals surface area contributed by atoms with Crippen LogP contribution in [0.3, 0.4) is 0 Å². The second-order valence-corrected chi connectivity index (χ2v) is 5.30. The molecule has 0 unspecified atom stereocenters. The summed E-state index contributed by atoms with van der Waals surface area (Å²) in [7, 11) is 0. The van der Waals surface area contributed by atoms with E-state index in [2.05, 4.69) is 42.5 Å². The van der Waals surface area contributed by atoms with Crippen LogP contribution in [0.2, 0.25) is 0 Å². The first kappa shape index (κ1) is 14.5. The van der Waals surface area contributed by atoms with E-state index >= 15 is 0 Å². The van der Waals surface area contributed by atoms with Gasteiger partial charge in [0.1, 0.15) is 11.6 Å². The van der Waals surface area contributed by atoms with Gasteiger partial charge in [-0.1, -0.05) is 6.92 Å². The number of rotatable bonds is 6. The molecule has 0 atom stereocenters. The lowest BCUT2D eigenvalue weighted by atomic mass is 10.1. The van der Waals surface area contributed by atoms with Gasteiger partial charge >= 0.3 is 0 Å². The van der Waals surface area contributed by atoms with Crippen LogP contribution in [-0.2, 0) is 22.6 Å². The molecular formula is C12H22ClN3O. The van der Waals surface area contributed by atoms with Gasteiger partial charge in [-0.05, 0) is 27.2 Å². The Bertz CT molecular complexity index is 344. The van der Waals surface area contributed by atoms with E-state index in [1.54, 1.807) is 0 Å². The number of halogens is 1. The maximum atomic E-state index is 5.88. The van der Waals surface area contributed by atoms with E-state index in [1.165, 1.54) is 0 Å². The average Bonchev–Trinajstić information content (AvgIpc) is 2.67. The van der Waals surface area contributed by atoms with Crippen LogP contribution in [0.15, 0.2) is 0 Å². The van der Waals surface area contributed by atoms with Crippen LogP contribution in [-0.4, -0.2) is 28.0 Å².